The van der Waals surface area contributed by atoms with Crippen LogP contribution in [0, 0.1) is 5.82 Å². The van der Waals surface area contributed by atoms with E-state index in [-0.39, 0.29) is 12.3 Å². The molecule has 6 heteroatoms. The summed E-state index contributed by atoms with van der Waals surface area (Å²) in [6.07, 6.45) is -4.72. The molecular formula is C15H13F4NO. The zero-order valence-corrected chi connectivity index (χ0v) is 10.9. The molecule has 0 bridgehead atoms. The van der Waals surface area contributed by atoms with Crippen LogP contribution in [-0.2, 0) is 19.3 Å². The summed E-state index contributed by atoms with van der Waals surface area (Å²) in [6.45, 7) is 0.231. The number of anilines is 1. The van der Waals surface area contributed by atoms with Crippen LogP contribution in [0.3, 0.4) is 0 Å². The SMILES string of the molecule is OCc1ccc(CNc2ccc(F)c(C(F)(F)F)c2)cc1. The second kappa shape index (κ2) is 6.13. The highest BCUT2D eigenvalue weighted by Crippen LogP contribution is 2.33. The van der Waals surface area contributed by atoms with Gasteiger partial charge in [-0.3, -0.25) is 0 Å². The van der Waals surface area contributed by atoms with Gasteiger partial charge in [0.25, 0.3) is 0 Å². The molecule has 2 aromatic carbocycles. The van der Waals surface area contributed by atoms with Gasteiger partial charge in [0.2, 0.25) is 0 Å². The molecule has 0 atom stereocenters. The molecule has 0 radical (unpaired) electrons. The molecule has 21 heavy (non-hydrogen) atoms. The lowest BCUT2D eigenvalue weighted by Gasteiger charge is -2.12. The van der Waals surface area contributed by atoms with Gasteiger partial charge in [-0.25, -0.2) is 4.39 Å². The number of alkyl halides is 3. The van der Waals surface area contributed by atoms with Gasteiger partial charge >= 0.3 is 6.18 Å². The summed E-state index contributed by atoms with van der Waals surface area (Å²) in [6, 6.07) is 9.76. The lowest BCUT2D eigenvalue weighted by Crippen LogP contribution is -2.09. The minimum atomic E-state index is -4.72. The largest absolute Gasteiger partial charge is 0.419 e. The lowest BCUT2D eigenvalue weighted by molar-refractivity contribution is -0.139. The first-order valence-corrected chi connectivity index (χ1v) is 6.19. The summed E-state index contributed by atoms with van der Waals surface area (Å²) >= 11 is 0. The molecule has 2 N–H and O–H groups in total. The molecule has 0 aliphatic carbocycles. The molecule has 0 unspecified atom stereocenters. The molecule has 112 valence electrons. The lowest BCUT2D eigenvalue weighted by atomic mass is 10.1. The second-order valence-corrected chi connectivity index (χ2v) is 4.52. The molecule has 2 nitrogen and oxygen atoms in total. The van der Waals surface area contributed by atoms with E-state index in [9.17, 15) is 17.6 Å². The van der Waals surface area contributed by atoms with E-state index in [1.165, 1.54) is 6.07 Å². The molecule has 0 saturated carbocycles. The number of hydrogen-bond acceptors (Lipinski definition) is 2. The van der Waals surface area contributed by atoms with Gasteiger partial charge in [-0.15, -0.1) is 0 Å². The predicted octanol–water partition coefficient (Wildman–Crippen LogP) is 3.95. The van der Waals surface area contributed by atoms with Crippen molar-refractivity contribution in [3.8, 4) is 0 Å². The maximum absolute atomic E-state index is 13.1. The van der Waals surface area contributed by atoms with E-state index >= 15 is 0 Å². The minimum Gasteiger partial charge on any atom is -0.392 e. The molecule has 0 aliphatic rings. The van der Waals surface area contributed by atoms with Crippen molar-refractivity contribution in [1.29, 1.82) is 0 Å². The van der Waals surface area contributed by atoms with Gasteiger partial charge in [0.05, 0.1) is 12.2 Å². The van der Waals surface area contributed by atoms with Crippen molar-refractivity contribution in [2.75, 3.05) is 5.32 Å². The van der Waals surface area contributed by atoms with Gasteiger partial charge in [-0.05, 0) is 29.3 Å². The topological polar surface area (TPSA) is 32.3 Å². The molecule has 0 fully saturated rings. The zero-order chi connectivity index (χ0) is 15.5. The van der Waals surface area contributed by atoms with E-state index < -0.39 is 17.6 Å². The summed E-state index contributed by atoms with van der Waals surface area (Å²) < 4.78 is 50.9. The Morgan fingerprint density at radius 1 is 0.952 bits per heavy atom. The van der Waals surface area contributed by atoms with Gasteiger partial charge in [0.1, 0.15) is 5.82 Å². The number of aliphatic hydroxyl groups excluding tert-OH is 1. The fourth-order valence-electron chi connectivity index (χ4n) is 1.82. The van der Waals surface area contributed by atoms with Gasteiger partial charge in [-0.1, -0.05) is 24.3 Å². The quantitative estimate of drug-likeness (QED) is 0.838. The van der Waals surface area contributed by atoms with Crippen LogP contribution in [0.4, 0.5) is 23.2 Å². The molecule has 2 rings (SSSR count). The summed E-state index contributed by atoms with van der Waals surface area (Å²) in [7, 11) is 0. The second-order valence-electron chi connectivity index (χ2n) is 4.52. The molecule has 0 aromatic heterocycles. The number of aliphatic hydroxyl groups is 1. The van der Waals surface area contributed by atoms with Crippen LogP contribution in [0.5, 0.6) is 0 Å². The number of benzene rings is 2. The van der Waals surface area contributed by atoms with E-state index in [0.29, 0.717) is 6.54 Å². The van der Waals surface area contributed by atoms with Crippen molar-refractivity contribution >= 4 is 5.69 Å². The molecule has 0 spiro atoms. The van der Waals surface area contributed by atoms with Crippen LogP contribution >= 0.6 is 0 Å². The van der Waals surface area contributed by atoms with Crippen molar-refractivity contribution in [1.82, 2.24) is 0 Å². The molecule has 0 amide bonds. The van der Waals surface area contributed by atoms with Crippen molar-refractivity contribution < 1.29 is 22.7 Å². The molecule has 0 aliphatic heterocycles. The Labute approximate surface area is 119 Å². The highest BCUT2D eigenvalue weighted by Gasteiger charge is 2.34. The van der Waals surface area contributed by atoms with Crippen molar-refractivity contribution in [2.45, 2.75) is 19.3 Å². The maximum Gasteiger partial charge on any atom is 0.419 e. The third-order valence-corrected chi connectivity index (χ3v) is 2.97. The van der Waals surface area contributed by atoms with Gasteiger partial charge in [0, 0.05) is 12.2 Å². The highest BCUT2D eigenvalue weighted by molar-refractivity contribution is 5.47. The first-order chi connectivity index (χ1) is 9.90. The summed E-state index contributed by atoms with van der Waals surface area (Å²) in [5.74, 6) is -1.29. The number of halogens is 4. The first-order valence-electron chi connectivity index (χ1n) is 6.19. The van der Waals surface area contributed by atoms with Gasteiger partial charge in [-0.2, -0.15) is 13.2 Å². The standard InChI is InChI=1S/C15H13F4NO/c16-14-6-5-12(7-13(14)15(17,18)19)20-8-10-1-3-11(9-21)4-2-10/h1-7,20-21H,8-9H2. The maximum atomic E-state index is 13.1. The molecule has 0 saturated heterocycles. The molecular weight excluding hydrogens is 286 g/mol. The van der Waals surface area contributed by atoms with Crippen LogP contribution in [-0.4, -0.2) is 5.11 Å². The number of hydrogen-bond donors (Lipinski definition) is 2. The monoisotopic (exact) mass is 299 g/mol. The van der Waals surface area contributed by atoms with Crippen LogP contribution in [0.15, 0.2) is 42.5 Å². The zero-order valence-electron chi connectivity index (χ0n) is 10.9. The van der Waals surface area contributed by atoms with E-state index in [1.54, 1.807) is 24.3 Å². The van der Waals surface area contributed by atoms with Crippen molar-refractivity contribution in [3.63, 3.8) is 0 Å². The third kappa shape index (κ3) is 3.95. The van der Waals surface area contributed by atoms with Gasteiger partial charge in [0.15, 0.2) is 0 Å². The van der Waals surface area contributed by atoms with Crippen LogP contribution in [0.25, 0.3) is 0 Å². The fraction of sp³-hybridized carbons (Fsp3) is 0.200. The minimum absolute atomic E-state index is 0.0688. The summed E-state index contributed by atoms with van der Waals surface area (Å²) in [4.78, 5) is 0. The Balaban J connectivity index is 2.09. The average molecular weight is 299 g/mol. The van der Waals surface area contributed by atoms with Crippen LogP contribution < -0.4 is 5.32 Å². The average Bonchev–Trinajstić information content (AvgIpc) is 2.45. The van der Waals surface area contributed by atoms with Crippen molar-refractivity contribution in [2.24, 2.45) is 0 Å². The highest BCUT2D eigenvalue weighted by atomic mass is 19.4. The predicted molar refractivity (Wildman–Crippen MR) is 71.1 cm³/mol. The van der Waals surface area contributed by atoms with E-state index in [2.05, 4.69) is 5.32 Å². The Hall–Kier alpha value is -2.08. The Bertz CT molecular complexity index is 608. The van der Waals surface area contributed by atoms with Gasteiger partial charge < -0.3 is 10.4 Å². The van der Waals surface area contributed by atoms with Crippen molar-refractivity contribution in [3.05, 3.63) is 65.0 Å². The number of nitrogens with one attached hydrogen (secondary N) is 1. The van der Waals surface area contributed by atoms with E-state index in [1.807, 2.05) is 0 Å². The Morgan fingerprint density at radius 2 is 1.57 bits per heavy atom. The smallest absolute Gasteiger partial charge is 0.392 e. The first kappa shape index (κ1) is 15.3. The fourth-order valence-corrected chi connectivity index (χ4v) is 1.82. The summed E-state index contributed by atoms with van der Waals surface area (Å²) in [5, 5.41) is 11.7. The van der Waals surface area contributed by atoms with Crippen LogP contribution in [0.2, 0.25) is 0 Å². The third-order valence-electron chi connectivity index (χ3n) is 2.97. The number of rotatable bonds is 4. The summed E-state index contributed by atoms with van der Waals surface area (Å²) in [5.41, 5.74) is 0.489. The van der Waals surface area contributed by atoms with E-state index in [4.69, 9.17) is 5.11 Å². The molecule has 0 heterocycles. The van der Waals surface area contributed by atoms with Crippen LogP contribution in [0.1, 0.15) is 16.7 Å². The Kier molecular flexibility index (Phi) is 4.47. The normalized spacial score (nSPS) is 11.5. The van der Waals surface area contributed by atoms with E-state index in [0.717, 1.165) is 23.3 Å². The molecule has 2 aromatic rings. The Morgan fingerprint density at radius 3 is 2.14 bits per heavy atom.